The number of hydrogen-bond donors (Lipinski definition) is 0. The van der Waals surface area contributed by atoms with Crippen LogP contribution in [0, 0.1) is 5.82 Å². The molecular weight excluding hydrogens is 331 g/mol. The summed E-state index contributed by atoms with van der Waals surface area (Å²) >= 11 is 0. The van der Waals surface area contributed by atoms with Crippen LogP contribution in [0.2, 0.25) is 0 Å². The molecule has 0 bridgehead atoms. The molecule has 2 aromatic carbocycles. The lowest BCUT2D eigenvalue weighted by atomic mass is 9.97. The second kappa shape index (κ2) is 6.20. The largest absolute Gasteiger partial charge is 0.462 e. The van der Waals surface area contributed by atoms with Gasteiger partial charge in [-0.3, -0.25) is 0 Å². The highest BCUT2D eigenvalue weighted by Crippen LogP contribution is 2.30. The van der Waals surface area contributed by atoms with Crippen LogP contribution in [0.5, 0.6) is 0 Å². The third kappa shape index (κ3) is 3.38. The van der Waals surface area contributed by atoms with Crippen molar-refractivity contribution < 1.29 is 22.3 Å². The molecule has 0 amide bonds. The van der Waals surface area contributed by atoms with Crippen LogP contribution in [-0.4, -0.2) is 27.2 Å². The molecule has 1 saturated heterocycles. The van der Waals surface area contributed by atoms with Crippen LogP contribution in [0.4, 0.5) is 4.39 Å². The fourth-order valence-electron chi connectivity index (χ4n) is 2.57. The first kappa shape index (κ1) is 16.4. The molecular formula is C18H15FO4S. The van der Waals surface area contributed by atoms with Gasteiger partial charge in [0.1, 0.15) is 5.82 Å². The summed E-state index contributed by atoms with van der Waals surface area (Å²) < 4.78 is 42.2. The first-order chi connectivity index (χ1) is 11.3. The first-order valence-electron chi connectivity index (χ1n) is 7.32. The summed E-state index contributed by atoms with van der Waals surface area (Å²) in [5, 5.41) is 0. The Balaban J connectivity index is 2.20. The molecule has 1 heterocycles. The lowest BCUT2D eigenvalue weighted by Crippen LogP contribution is -1.99. The maximum atomic E-state index is 13.6. The minimum atomic E-state index is -3.40. The summed E-state index contributed by atoms with van der Waals surface area (Å²) in [4.78, 5) is 11.8. The van der Waals surface area contributed by atoms with E-state index in [9.17, 15) is 17.6 Å². The average Bonchev–Trinajstić information content (AvgIpc) is 2.92. The van der Waals surface area contributed by atoms with E-state index < -0.39 is 15.7 Å². The predicted molar refractivity (Wildman–Crippen MR) is 88.5 cm³/mol. The number of hydrogen-bond acceptors (Lipinski definition) is 4. The van der Waals surface area contributed by atoms with E-state index in [1.54, 1.807) is 24.3 Å². The molecule has 0 unspecified atom stereocenters. The van der Waals surface area contributed by atoms with Crippen molar-refractivity contribution in [1.82, 2.24) is 0 Å². The standard InChI is InChI=1S/C18H15FO4S/c1-24(21,22)16-6-5-13(9-14-7-8-23-18(14)20)17(11-16)12-3-2-4-15(19)10-12/h2-6,9-11H,7-8H2,1H3/b14-9-. The lowest BCUT2D eigenvalue weighted by Gasteiger charge is -2.10. The maximum absolute atomic E-state index is 13.6. The molecule has 0 N–H and O–H groups in total. The van der Waals surface area contributed by atoms with Gasteiger partial charge in [-0.2, -0.15) is 0 Å². The molecule has 0 aliphatic carbocycles. The van der Waals surface area contributed by atoms with Gasteiger partial charge in [0.15, 0.2) is 9.84 Å². The van der Waals surface area contributed by atoms with Crippen molar-refractivity contribution in [3.63, 3.8) is 0 Å². The topological polar surface area (TPSA) is 60.4 Å². The Morgan fingerprint density at radius 3 is 2.58 bits per heavy atom. The number of esters is 1. The highest BCUT2D eigenvalue weighted by atomic mass is 32.2. The van der Waals surface area contributed by atoms with E-state index in [1.807, 2.05) is 0 Å². The van der Waals surface area contributed by atoms with Gasteiger partial charge in [-0.25, -0.2) is 17.6 Å². The molecule has 4 nitrogen and oxygen atoms in total. The third-order valence-corrected chi connectivity index (χ3v) is 4.90. The summed E-state index contributed by atoms with van der Waals surface area (Å²) in [6.45, 7) is 0.335. The third-order valence-electron chi connectivity index (χ3n) is 3.79. The Morgan fingerprint density at radius 2 is 1.96 bits per heavy atom. The first-order valence-corrected chi connectivity index (χ1v) is 9.21. The highest BCUT2D eigenvalue weighted by Gasteiger charge is 2.20. The molecule has 0 spiro atoms. The number of halogens is 1. The smallest absolute Gasteiger partial charge is 0.334 e. The van der Waals surface area contributed by atoms with Gasteiger partial charge in [0.05, 0.1) is 11.5 Å². The van der Waals surface area contributed by atoms with Crippen LogP contribution in [0.15, 0.2) is 52.9 Å². The summed E-state index contributed by atoms with van der Waals surface area (Å²) in [6, 6.07) is 10.5. The fraction of sp³-hybridized carbons (Fsp3) is 0.167. The summed E-state index contributed by atoms with van der Waals surface area (Å²) in [5.74, 6) is -0.802. The molecule has 1 aliphatic heterocycles. The monoisotopic (exact) mass is 346 g/mol. The second-order valence-electron chi connectivity index (χ2n) is 5.59. The van der Waals surface area contributed by atoms with Crippen LogP contribution in [-0.2, 0) is 19.4 Å². The molecule has 3 rings (SSSR count). The van der Waals surface area contributed by atoms with Crippen molar-refractivity contribution in [3.8, 4) is 11.1 Å². The van der Waals surface area contributed by atoms with E-state index in [-0.39, 0.29) is 10.9 Å². The lowest BCUT2D eigenvalue weighted by molar-refractivity contribution is -0.134. The van der Waals surface area contributed by atoms with Crippen LogP contribution in [0.1, 0.15) is 12.0 Å². The van der Waals surface area contributed by atoms with E-state index in [0.717, 1.165) is 6.26 Å². The van der Waals surface area contributed by atoms with Crippen molar-refractivity contribution >= 4 is 21.9 Å². The number of rotatable bonds is 3. The molecule has 0 saturated carbocycles. The van der Waals surface area contributed by atoms with Gasteiger partial charge in [-0.15, -0.1) is 0 Å². The molecule has 0 aromatic heterocycles. The van der Waals surface area contributed by atoms with Gasteiger partial charge in [0, 0.05) is 18.2 Å². The maximum Gasteiger partial charge on any atom is 0.334 e. The molecule has 24 heavy (non-hydrogen) atoms. The van der Waals surface area contributed by atoms with Gasteiger partial charge < -0.3 is 4.74 Å². The minimum Gasteiger partial charge on any atom is -0.462 e. The number of ether oxygens (including phenoxy) is 1. The van der Waals surface area contributed by atoms with Gasteiger partial charge in [-0.1, -0.05) is 18.2 Å². The van der Waals surface area contributed by atoms with E-state index >= 15 is 0 Å². The number of sulfone groups is 1. The molecule has 1 fully saturated rings. The zero-order valence-corrected chi connectivity index (χ0v) is 13.8. The SMILES string of the molecule is CS(=O)(=O)c1ccc(/C=C2/CCOC2=O)c(-c2cccc(F)c2)c1. The summed E-state index contributed by atoms with van der Waals surface area (Å²) in [5.41, 5.74) is 2.24. The molecule has 0 radical (unpaired) electrons. The zero-order valence-electron chi connectivity index (χ0n) is 13.0. The molecule has 0 atom stereocenters. The zero-order chi connectivity index (χ0) is 17.3. The summed E-state index contributed by atoms with van der Waals surface area (Å²) in [6.07, 6.45) is 3.28. The van der Waals surface area contributed by atoms with Gasteiger partial charge in [0.2, 0.25) is 0 Å². The van der Waals surface area contributed by atoms with Gasteiger partial charge >= 0.3 is 5.97 Å². The van der Waals surface area contributed by atoms with Crippen LogP contribution >= 0.6 is 0 Å². The molecule has 6 heteroatoms. The van der Waals surface area contributed by atoms with Gasteiger partial charge in [0.25, 0.3) is 0 Å². The quantitative estimate of drug-likeness (QED) is 0.632. The molecule has 2 aromatic rings. The Labute approximate surface area is 139 Å². The Hall–Kier alpha value is -2.47. The van der Waals surface area contributed by atoms with Crippen LogP contribution in [0.3, 0.4) is 0 Å². The fourth-order valence-corrected chi connectivity index (χ4v) is 3.21. The van der Waals surface area contributed by atoms with Crippen molar-refractivity contribution in [2.75, 3.05) is 12.9 Å². The van der Waals surface area contributed by atoms with E-state index in [4.69, 9.17) is 4.74 Å². The highest BCUT2D eigenvalue weighted by molar-refractivity contribution is 7.90. The van der Waals surface area contributed by atoms with Crippen molar-refractivity contribution in [2.24, 2.45) is 0 Å². The average molecular weight is 346 g/mol. The van der Waals surface area contributed by atoms with E-state index in [2.05, 4.69) is 0 Å². The van der Waals surface area contributed by atoms with Crippen molar-refractivity contribution in [1.29, 1.82) is 0 Å². The Bertz CT molecular complexity index is 945. The van der Waals surface area contributed by atoms with Crippen LogP contribution < -0.4 is 0 Å². The number of carbonyl (C=O) groups is 1. The normalized spacial score (nSPS) is 16.4. The number of benzene rings is 2. The van der Waals surface area contributed by atoms with E-state index in [0.29, 0.717) is 35.3 Å². The molecule has 1 aliphatic rings. The number of carbonyl (C=O) groups excluding carboxylic acids is 1. The minimum absolute atomic E-state index is 0.137. The van der Waals surface area contributed by atoms with Crippen molar-refractivity contribution in [3.05, 3.63) is 59.4 Å². The summed E-state index contributed by atoms with van der Waals surface area (Å²) in [7, 11) is -3.40. The van der Waals surface area contributed by atoms with E-state index in [1.165, 1.54) is 24.3 Å². The Kier molecular flexibility index (Phi) is 4.24. The van der Waals surface area contributed by atoms with Gasteiger partial charge in [-0.05, 0) is 47.0 Å². The van der Waals surface area contributed by atoms with Crippen molar-refractivity contribution in [2.45, 2.75) is 11.3 Å². The number of cyclic esters (lactones) is 1. The molecule has 124 valence electrons. The Morgan fingerprint density at radius 1 is 1.17 bits per heavy atom. The predicted octanol–water partition coefficient (Wildman–Crippen LogP) is 3.23. The van der Waals surface area contributed by atoms with Crippen LogP contribution in [0.25, 0.3) is 17.2 Å². The second-order valence-corrected chi connectivity index (χ2v) is 7.60.